The molecule has 2 aromatic rings. The molecule has 106 valence electrons. The molecule has 0 unspecified atom stereocenters. The zero-order valence-electron chi connectivity index (χ0n) is 11.5. The SMILES string of the molecule is Cc1cccc(-n2nnn(C[NH+]3CCOCC3)c2=S)c1. The molecule has 0 aliphatic carbocycles. The average molecular weight is 292 g/mol. The van der Waals surface area contributed by atoms with Gasteiger partial charge in [0, 0.05) is 0 Å². The van der Waals surface area contributed by atoms with Gasteiger partial charge in [0.15, 0.2) is 6.67 Å². The first-order valence-electron chi connectivity index (χ1n) is 6.75. The Balaban J connectivity index is 1.83. The minimum absolute atomic E-state index is 0.634. The molecule has 0 amide bonds. The topological polar surface area (TPSA) is 49.3 Å². The first-order valence-corrected chi connectivity index (χ1v) is 7.16. The van der Waals surface area contributed by atoms with Crippen molar-refractivity contribution >= 4 is 12.2 Å². The molecule has 1 N–H and O–H groups in total. The number of hydrogen-bond acceptors (Lipinski definition) is 4. The van der Waals surface area contributed by atoms with Crippen molar-refractivity contribution in [3.8, 4) is 5.69 Å². The van der Waals surface area contributed by atoms with E-state index in [4.69, 9.17) is 17.0 Å². The van der Waals surface area contributed by atoms with Crippen molar-refractivity contribution < 1.29 is 9.64 Å². The molecule has 3 rings (SSSR count). The molecule has 1 aliphatic heterocycles. The van der Waals surface area contributed by atoms with Crippen LogP contribution in [0.15, 0.2) is 24.3 Å². The molecule has 2 heterocycles. The maximum atomic E-state index is 5.48. The van der Waals surface area contributed by atoms with Gasteiger partial charge >= 0.3 is 0 Å². The van der Waals surface area contributed by atoms with Crippen molar-refractivity contribution in [2.45, 2.75) is 13.6 Å². The van der Waals surface area contributed by atoms with Crippen LogP contribution in [0.5, 0.6) is 0 Å². The smallest absolute Gasteiger partial charge is 0.225 e. The van der Waals surface area contributed by atoms with E-state index in [9.17, 15) is 0 Å². The first kappa shape index (κ1) is 13.4. The predicted octanol–water partition coefficient (Wildman–Crippen LogP) is -0.0207. The van der Waals surface area contributed by atoms with Crippen molar-refractivity contribution in [2.24, 2.45) is 0 Å². The minimum Gasteiger partial charge on any atom is -0.370 e. The van der Waals surface area contributed by atoms with E-state index in [2.05, 4.69) is 29.5 Å². The molecule has 7 heteroatoms. The molecule has 0 radical (unpaired) electrons. The zero-order chi connectivity index (χ0) is 13.9. The van der Waals surface area contributed by atoms with Crippen LogP contribution in [0, 0.1) is 11.7 Å². The number of quaternary nitrogens is 1. The van der Waals surface area contributed by atoms with E-state index in [1.807, 2.05) is 12.1 Å². The van der Waals surface area contributed by atoms with E-state index in [0.717, 1.165) is 38.7 Å². The third kappa shape index (κ3) is 2.79. The molecule has 1 fully saturated rings. The van der Waals surface area contributed by atoms with Crippen LogP contribution in [0.25, 0.3) is 5.69 Å². The van der Waals surface area contributed by atoms with Crippen LogP contribution in [0.1, 0.15) is 5.56 Å². The van der Waals surface area contributed by atoms with Gasteiger partial charge in [0.1, 0.15) is 13.1 Å². The second kappa shape index (κ2) is 5.82. The van der Waals surface area contributed by atoms with Gasteiger partial charge in [-0.2, -0.15) is 9.36 Å². The van der Waals surface area contributed by atoms with Crippen LogP contribution < -0.4 is 4.90 Å². The van der Waals surface area contributed by atoms with Crippen LogP contribution in [-0.4, -0.2) is 46.1 Å². The standard InChI is InChI=1S/C13H17N5OS/c1-11-3-2-4-12(9-11)18-13(20)17(14-15-18)10-16-5-7-19-8-6-16/h2-4,9H,5-8,10H2,1H3/p+1. The molecule has 1 aliphatic rings. The number of aryl methyl sites for hydroxylation is 1. The lowest BCUT2D eigenvalue weighted by Crippen LogP contribution is -3.13. The molecule has 1 aromatic heterocycles. The second-order valence-electron chi connectivity index (χ2n) is 5.03. The van der Waals surface area contributed by atoms with Gasteiger partial charge in [-0.3, -0.25) is 0 Å². The fourth-order valence-corrected chi connectivity index (χ4v) is 2.57. The number of aromatic nitrogens is 4. The van der Waals surface area contributed by atoms with Gasteiger partial charge in [0.25, 0.3) is 0 Å². The number of tetrazole rings is 1. The molecular weight excluding hydrogens is 274 g/mol. The highest BCUT2D eigenvalue weighted by Crippen LogP contribution is 2.08. The van der Waals surface area contributed by atoms with Crippen LogP contribution in [-0.2, 0) is 11.4 Å². The summed E-state index contributed by atoms with van der Waals surface area (Å²) in [5.74, 6) is 0. The van der Waals surface area contributed by atoms with E-state index >= 15 is 0 Å². The lowest BCUT2D eigenvalue weighted by atomic mass is 10.2. The number of ether oxygens (including phenoxy) is 1. The van der Waals surface area contributed by atoms with Crippen LogP contribution in [0.2, 0.25) is 0 Å². The molecule has 0 atom stereocenters. The van der Waals surface area contributed by atoms with Gasteiger partial charge in [-0.25, -0.2) is 0 Å². The fraction of sp³-hybridized carbons (Fsp3) is 0.462. The number of benzene rings is 1. The lowest BCUT2D eigenvalue weighted by molar-refractivity contribution is -0.931. The molecule has 1 saturated heterocycles. The van der Waals surface area contributed by atoms with Crippen LogP contribution in [0.3, 0.4) is 0 Å². The van der Waals surface area contributed by atoms with Crippen molar-refractivity contribution in [3.63, 3.8) is 0 Å². The van der Waals surface area contributed by atoms with Gasteiger partial charge in [-0.05, 0) is 47.3 Å². The summed E-state index contributed by atoms with van der Waals surface area (Å²) in [6.45, 7) is 6.37. The van der Waals surface area contributed by atoms with Gasteiger partial charge < -0.3 is 9.64 Å². The Kier molecular flexibility index (Phi) is 3.90. The van der Waals surface area contributed by atoms with E-state index in [0.29, 0.717) is 4.77 Å². The van der Waals surface area contributed by atoms with Crippen molar-refractivity contribution in [1.29, 1.82) is 0 Å². The summed E-state index contributed by atoms with van der Waals surface area (Å²) in [7, 11) is 0. The summed E-state index contributed by atoms with van der Waals surface area (Å²) >= 11 is 5.48. The van der Waals surface area contributed by atoms with Gasteiger partial charge in [-0.1, -0.05) is 12.1 Å². The summed E-state index contributed by atoms with van der Waals surface area (Å²) in [5.41, 5.74) is 2.14. The van der Waals surface area contributed by atoms with E-state index in [-0.39, 0.29) is 0 Å². The number of hydrogen-bond donors (Lipinski definition) is 1. The molecule has 20 heavy (non-hydrogen) atoms. The van der Waals surface area contributed by atoms with E-state index in [1.165, 1.54) is 10.5 Å². The second-order valence-corrected chi connectivity index (χ2v) is 5.40. The molecular formula is C13H18N5OS+. The van der Waals surface area contributed by atoms with Gasteiger partial charge in [0.2, 0.25) is 4.77 Å². The first-order chi connectivity index (χ1) is 9.74. The largest absolute Gasteiger partial charge is 0.370 e. The molecule has 0 bridgehead atoms. The Hall–Kier alpha value is -1.57. The Labute approximate surface area is 122 Å². The molecule has 1 aromatic carbocycles. The number of rotatable bonds is 3. The number of morpholine rings is 1. The summed E-state index contributed by atoms with van der Waals surface area (Å²) < 4.78 is 9.49. The summed E-state index contributed by atoms with van der Waals surface area (Å²) in [6, 6.07) is 8.09. The van der Waals surface area contributed by atoms with Crippen molar-refractivity contribution in [1.82, 2.24) is 19.8 Å². The van der Waals surface area contributed by atoms with Crippen LogP contribution >= 0.6 is 12.2 Å². The number of nitrogens with one attached hydrogen (secondary N) is 1. The lowest BCUT2D eigenvalue weighted by Gasteiger charge is -2.22. The number of nitrogens with zero attached hydrogens (tertiary/aromatic N) is 4. The highest BCUT2D eigenvalue weighted by atomic mass is 32.1. The Bertz CT molecular complexity index is 644. The third-order valence-electron chi connectivity index (χ3n) is 3.46. The Morgan fingerprint density at radius 1 is 1.30 bits per heavy atom. The molecule has 0 saturated carbocycles. The quantitative estimate of drug-likeness (QED) is 0.808. The Morgan fingerprint density at radius 2 is 2.10 bits per heavy atom. The third-order valence-corrected chi connectivity index (χ3v) is 3.84. The van der Waals surface area contributed by atoms with E-state index in [1.54, 1.807) is 9.36 Å². The Morgan fingerprint density at radius 3 is 2.85 bits per heavy atom. The van der Waals surface area contributed by atoms with Gasteiger partial charge in [-0.15, -0.1) is 0 Å². The molecule has 6 nitrogen and oxygen atoms in total. The zero-order valence-corrected chi connectivity index (χ0v) is 12.3. The summed E-state index contributed by atoms with van der Waals surface area (Å²) in [4.78, 5) is 1.42. The van der Waals surface area contributed by atoms with Crippen LogP contribution in [0.4, 0.5) is 0 Å². The van der Waals surface area contributed by atoms with Gasteiger partial charge in [0.05, 0.1) is 18.9 Å². The molecule has 0 spiro atoms. The highest BCUT2D eigenvalue weighted by molar-refractivity contribution is 7.71. The predicted molar refractivity (Wildman–Crippen MR) is 76.4 cm³/mol. The normalized spacial score (nSPS) is 16.4. The summed E-state index contributed by atoms with van der Waals surface area (Å²) in [6.07, 6.45) is 0. The average Bonchev–Trinajstić information content (AvgIpc) is 2.81. The monoisotopic (exact) mass is 292 g/mol. The minimum atomic E-state index is 0.634. The maximum absolute atomic E-state index is 5.48. The fourth-order valence-electron chi connectivity index (χ4n) is 2.33. The maximum Gasteiger partial charge on any atom is 0.225 e. The summed E-state index contributed by atoms with van der Waals surface area (Å²) in [5, 5.41) is 8.35. The van der Waals surface area contributed by atoms with E-state index < -0.39 is 0 Å². The van der Waals surface area contributed by atoms with Crippen molar-refractivity contribution in [3.05, 3.63) is 34.6 Å². The highest BCUT2D eigenvalue weighted by Gasteiger charge is 2.16. The van der Waals surface area contributed by atoms with Crippen molar-refractivity contribution in [2.75, 3.05) is 26.3 Å².